The van der Waals surface area contributed by atoms with Crippen molar-refractivity contribution < 1.29 is 23.9 Å². The smallest absolute Gasteiger partial charge is 0.410 e. The van der Waals surface area contributed by atoms with E-state index in [-0.39, 0.29) is 40.9 Å². The lowest BCUT2D eigenvalue weighted by Gasteiger charge is -2.29. The molecule has 0 fully saturated rings. The Balaban J connectivity index is 1.56. The third-order valence-corrected chi connectivity index (χ3v) is 5.67. The van der Waals surface area contributed by atoms with Crippen LogP contribution in [0.1, 0.15) is 45.4 Å². The van der Waals surface area contributed by atoms with E-state index in [1.165, 1.54) is 19.3 Å². The van der Waals surface area contributed by atoms with Gasteiger partial charge in [0.25, 0.3) is 5.91 Å². The van der Waals surface area contributed by atoms with Crippen LogP contribution >= 0.6 is 11.6 Å². The molecule has 11 heteroatoms. The molecule has 2 aromatic rings. The van der Waals surface area contributed by atoms with Gasteiger partial charge in [-0.3, -0.25) is 14.6 Å². The number of amides is 3. The number of likely N-dealkylation sites (N-methyl/N-ethyl adjacent to an activating group) is 1. The van der Waals surface area contributed by atoms with Crippen molar-refractivity contribution in [3.8, 4) is 5.75 Å². The molecule has 3 amide bonds. The summed E-state index contributed by atoms with van der Waals surface area (Å²) in [5, 5.41) is 5.42. The molecule has 0 saturated carbocycles. The molecule has 0 aliphatic carbocycles. The Labute approximate surface area is 221 Å². The molecule has 0 bridgehead atoms. The van der Waals surface area contributed by atoms with Gasteiger partial charge in [-0.2, -0.15) is 0 Å². The summed E-state index contributed by atoms with van der Waals surface area (Å²) in [6.45, 7) is 8.12. The molecule has 0 aromatic carbocycles. The lowest BCUT2D eigenvalue weighted by Crippen LogP contribution is -2.39. The van der Waals surface area contributed by atoms with Gasteiger partial charge < -0.3 is 25.0 Å². The van der Waals surface area contributed by atoms with E-state index in [1.54, 1.807) is 18.0 Å². The topological polar surface area (TPSA) is 123 Å². The van der Waals surface area contributed by atoms with Crippen molar-refractivity contribution in [2.45, 2.75) is 52.2 Å². The molecule has 3 heterocycles. The van der Waals surface area contributed by atoms with Crippen molar-refractivity contribution in [1.82, 2.24) is 20.2 Å². The van der Waals surface area contributed by atoms with E-state index in [9.17, 15) is 14.4 Å². The quantitative estimate of drug-likeness (QED) is 0.558. The highest BCUT2D eigenvalue weighted by atomic mass is 35.5. The predicted octanol–water partition coefficient (Wildman–Crippen LogP) is 3.85. The molecule has 0 radical (unpaired) electrons. The summed E-state index contributed by atoms with van der Waals surface area (Å²) < 4.78 is 11.0. The van der Waals surface area contributed by atoms with Crippen LogP contribution in [-0.4, -0.2) is 64.6 Å². The minimum absolute atomic E-state index is 0.0912. The molecule has 1 aliphatic heterocycles. The first kappa shape index (κ1) is 27.9. The van der Waals surface area contributed by atoms with Crippen LogP contribution in [0.15, 0.2) is 36.7 Å². The van der Waals surface area contributed by atoms with Crippen molar-refractivity contribution in [3.05, 3.63) is 52.9 Å². The first-order valence-corrected chi connectivity index (χ1v) is 12.3. The van der Waals surface area contributed by atoms with E-state index >= 15 is 0 Å². The molecule has 2 N–H and O–H groups in total. The highest BCUT2D eigenvalue weighted by Gasteiger charge is 2.24. The Morgan fingerprint density at radius 1 is 1.19 bits per heavy atom. The largest absolute Gasteiger partial charge is 0.479 e. The van der Waals surface area contributed by atoms with Crippen LogP contribution in [0.5, 0.6) is 5.75 Å². The second kappa shape index (κ2) is 12.1. The summed E-state index contributed by atoms with van der Waals surface area (Å²) in [7, 11) is 1.51. The van der Waals surface area contributed by atoms with Gasteiger partial charge >= 0.3 is 6.09 Å². The molecule has 1 aliphatic rings. The number of halogens is 1. The van der Waals surface area contributed by atoms with E-state index in [1.807, 2.05) is 39.0 Å². The lowest BCUT2D eigenvalue weighted by molar-refractivity contribution is -0.126. The number of nitrogens with zero attached hydrogens (tertiary/aromatic N) is 3. The van der Waals surface area contributed by atoms with Gasteiger partial charge in [-0.1, -0.05) is 23.7 Å². The summed E-state index contributed by atoms with van der Waals surface area (Å²) in [6, 6.07) is 5.18. The van der Waals surface area contributed by atoms with Crippen LogP contribution < -0.4 is 15.4 Å². The number of ether oxygens (including phenoxy) is 2. The first-order valence-electron chi connectivity index (χ1n) is 11.9. The van der Waals surface area contributed by atoms with Crippen molar-refractivity contribution in [2.24, 2.45) is 0 Å². The van der Waals surface area contributed by atoms with E-state index in [0.29, 0.717) is 19.5 Å². The fraction of sp³-hybridized carbons (Fsp3) is 0.423. The van der Waals surface area contributed by atoms with E-state index < -0.39 is 11.7 Å². The Morgan fingerprint density at radius 3 is 2.54 bits per heavy atom. The normalized spacial score (nSPS) is 14.3. The van der Waals surface area contributed by atoms with Gasteiger partial charge in [0.15, 0.2) is 6.10 Å². The van der Waals surface area contributed by atoms with Gasteiger partial charge in [0.1, 0.15) is 22.2 Å². The van der Waals surface area contributed by atoms with Gasteiger partial charge in [0, 0.05) is 32.4 Å². The van der Waals surface area contributed by atoms with Gasteiger partial charge in [0.2, 0.25) is 5.91 Å². The second-order valence-corrected chi connectivity index (χ2v) is 9.96. The Kier molecular flexibility index (Phi) is 9.09. The molecule has 1 atom stereocenters. The van der Waals surface area contributed by atoms with Gasteiger partial charge in [-0.15, -0.1) is 0 Å². The number of aromatic nitrogens is 2. The maximum Gasteiger partial charge on any atom is 0.410 e. The molecular formula is C26H32ClN5O5. The highest BCUT2D eigenvalue weighted by molar-refractivity contribution is 6.32. The molecule has 198 valence electrons. The number of carbonyl (C=O) groups excluding carboxylic acids is 3. The summed E-state index contributed by atoms with van der Waals surface area (Å²) >= 11 is 6.11. The fourth-order valence-corrected chi connectivity index (χ4v) is 3.66. The van der Waals surface area contributed by atoms with E-state index in [0.717, 1.165) is 16.8 Å². The number of anilines is 1. The van der Waals surface area contributed by atoms with Crippen molar-refractivity contribution >= 4 is 40.9 Å². The number of nitrogens with one attached hydrogen (secondary N) is 2. The van der Waals surface area contributed by atoms with Crippen molar-refractivity contribution in [3.63, 3.8) is 0 Å². The van der Waals surface area contributed by atoms with E-state index in [4.69, 9.17) is 21.1 Å². The third-order valence-electron chi connectivity index (χ3n) is 5.39. The zero-order valence-corrected chi connectivity index (χ0v) is 22.4. The molecule has 1 unspecified atom stereocenters. The second-order valence-electron chi connectivity index (χ2n) is 9.56. The Morgan fingerprint density at radius 2 is 1.95 bits per heavy atom. The van der Waals surface area contributed by atoms with E-state index in [2.05, 4.69) is 20.6 Å². The zero-order valence-electron chi connectivity index (χ0n) is 21.6. The standard InChI is InChI=1S/C26H32ClN5O5/c1-16(24(34)28-5)36-21-13-22(30-15-19(21)27)31-23(33)12-17-6-7-20(29-14-17)18-8-10-32(11-9-18)25(35)37-26(2,3)4/h6-8,13-16H,9-12H2,1-5H3,(H,28,34)(H,30,31,33). The van der Waals surface area contributed by atoms with Crippen LogP contribution in [0.25, 0.3) is 5.57 Å². The number of hydrogen-bond donors (Lipinski definition) is 2. The summed E-state index contributed by atoms with van der Waals surface area (Å²) in [5.74, 6) is -0.113. The van der Waals surface area contributed by atoms with Crippen molar-refractivity contribution in [2.75, 3.05) is 25.5 Å². The van der Waals surface area contributed by atoms with Gasteiger partial charge in [0.05, 0.1) is 18.3 Å². The number of pyridine rings is 2. The first-order chi connectivity index (χ1) is 17.4. The molecule has 2 aromatic heterocycles. The van der Waals surface area contributed by atoms with Crippen molar-refractivity contribution in [1.29, 1.82) is 0 Å². The molecule has 10 nitrogen and oxygen atoms in total. The number of hydrogen-bond acceptors (Lipinski definition) is 7. The molecule has 0 spiro atoms. The third kappa shape index (κ3) is 8.18. The Bertz CT molecular complexity index is 1180. The van der Waals surface area contributed by atoms with Gasteiger partial charge in [-0.05, 0) is 51.3 Å². The Hall–Kier alpha value is -3.66. The molecule has 3 rings (SSSR count). The van der Waals surface area contributed by atoms with Crippen LogP contribution in [0, 0.1) is 0 Å². The minimum Gasteiger partial charge on any atom is -0.479 e. The lowest BCUT2D eigenvalue weighted by atomic mass is 10.0. The maximum absolute atomic E-state index is 12.6. The predicted molar refractivity (Wildman–Crippen MR) is 140 cm³/mol. The zero-order chi connectivity index (χ0) is 27.2. The average Bonchev–Trinajstić information content (AvgIpc) is 2.85. The fourth-order valence-electron chi connectivity index (χ4n) is 3.51. The van der Waals surface area contributed by atoms with Gasteiger partial charge in [-0.25, -0.2) is 9.78 Å². The van der Waals surface area contributed by atoms with Crippen LogP contribution in [0.4, 0.5) is 10.6 Å². The number of rotatable bonds is 7. The summed E-state index contributed by atoms with van der Waals surface area (Å²) in [4.78, 5) is 46.8. The van der Waals surface area contributed by atoms with Crippen LogP contribution in [-0.2, 0) is 20.7 Å². The number of carbonyl (C=O) groups is 3. The highest BCUT2D eigenvalue weighted by Crippen LogP contribution is 2.27. The minimum atomic E-state index is -0.766. The summed E-state index contributed by atoms with van der Waals surface area (Å²) in [6.07, 6.45) is 4.64. The van der Waals surface area contributed by atoms with Crippen LogP contribution in [0.3, 0.4) is 0 Å². The van der Waals surface area contributed by atoms with Crippen LogP contribution in [0.2, 0.25) is 5.02 Å². The molecule has 37 heavy (non-hydrogen) atoms. The SMILES string of the molecule is CNC(=O)C(C)Oc1cc(NC(=O)Cc2ccc(C3=CCN(C(=O)OC(C)(C)C)CC3)nc2)ncc1Cl. The average molecular weight is 530 g/mol. The monoisotopic (exact) mass is 529 g/mol. The molecular weight excluding hydrogens is 498 g/mol. The molecule has 0 saturated heterocycles. The maximum atomic E-state index is 12.6. The summed E-state index contributed by atoms with van der Waals surface area (Å²) in [5.41, 5.74) is 2.04.